The summed E-state index contributed by atoms with van der Waals surface area (Å²) in [5.74, 6) is -0.0922. The second-order valence-corrected chi connectivity index (χ2v) is 7.03. The smallest absolute Gasteiger partial charge is 0.238 e. The van der Waals surface area contributed by atoms with E-state index < -0.39 is 0 Å². The summed E-state index contributed by atoms with van der Waals surface area (Å²) in [6, 6.07) is 5.36. The lowest BCUT2D eigenvalue weighted by Gasteiger charge is -2.42. The largest absolute Gasteiger partial charge is 0.327 e. The summed E-state index contributed by atoms with van der Waals surface area (Å²) >= 11 is 12.0. The SMILES string of the molecule is CC1(C)CN(CC(=O)Nc2cccc(Cl)c2Cl)CCC1N. The summed E-state index contributed by atoms with van der Waals surface area (Å²) < 4.78 is 0. The highest BCUT2D eigenvalue weighted by Crippen LogP contribution is 2.30. The van der Waals surface area contributed by atoms with Gasteiger partial charge in [-0.3, -0.25) is 9.69 Å². The van der Waals surface area contributed by atoms with E-state index in [1.54, 1.807) is 18.2 Å². The molecule has 0 aliphatic carbocycles. The van der Waals surface area contributed by atoms with E-state index in [4.69, 9.17) is 28.9 Å². The number of likely N-dealkylation sites (tertiary alicyclic amines) is 1. The number of nitrogens with zero attached hydrogens (tertiary/aromatic N) is 1. The van der Waals surface area contributed by atoms with Gasteiger partial charge in [0, 0.05) is 19.1 Å². The minimum atomic E-state index is -0.0922. The minimum Gasteiger partial charge on any atom is -0.327 e. The molecule has 1 aromatic rings. The standard InChI is InChI=1S/C15H21Cl2N3O/c1-15(2)9-20(7-6-12(15)18)8-13(21)19-11-5-3-4-10(16)14(11)17/h3-5,12H,6-9,18H2,1-2H3,(H,19,21). The number of anilines is 1. The zero-order chi connectivity index (χ0) is 15.6. The first-order chi connectivity index (χ1) is 9.79. The Hall–Kier alpha value is -0.810. The van der Waals surface area contributed by atoms with Gasteiger partial charge in [-0.15, -0.1) is 0 Å². The number of hydrogen-bond acceptors (Lipinski definition) is 3. The summed E-state index contributed by atoms with van der Waals surface area (Å²) in [6.07, 6.45) is 0.901. The molecule has 21 heavy (non-hydrogen) atoms. The molecule has 116 valence electrons. The first-order valence-corrected chi connectivity index (χ1v) is 7.77. The quantitative estimate of drug-likeness (QED) is 0.896. The van der Waals surface area contributed by atoms with Crippen molar-refractivity contribution in [2.75, 3.05) is 25.0 Å². The van der Waals surface area contributed by atoms with Crippen molar-refractivity contribution in [2.45, 2.75) is 26.3 Å². The van der Waals surface area contributed by atoms with E-state index in [0.717, 1.165) is 19.5 Å². The van der Waals surface area contributed by atoms with Crippen LogP contribution in [0.3, 0.4) is 0 Å². The molecule has 1 saturated heterocycles. The maximum atomic E-state index is 12.2. The van der Waals surface area contributed by atoms with Crippen molar-refractivity contribution in [3.63, 3.8) is 0 Å². The molecule has 0 saturated carbocycles. The molecule has 1 aliphatic heterocycles. The van der Waals surface area contributed by atoms with Gasteiger partial charge in [-0.1, -0.05) is 43.1 Å². The number of piperidine rings is 1. The Labute approximate surface area is 135 Å². The van der Waals surface area contributed by atoms with Gasteiger partial charge in [-0.25, -0.2) is 0 Å². The fourth-order valence-corrected chi connectivity index (χ4v) is 2.96. The second-order valence-electron chi connectivity index (χ2n) is 6.24. The summed E-state index contributed by atoms with van der Waals surface area (Å²) in [4.78, 5) is 14.3. The van der Waals surface area contributed by atoms with Gasteiger partial charge < -0.3 is 11.1 Å². The first-order valence-electron chi connectivity index (χ1n) is 7.01. The topological polar surface area (TPSA) is 58.4 Å². The van der Waals surface area contributed by atoms with E-state index >= 15 is 0 Å². The van der Waals surface area contributed by atoms with Gasteiger partial charge >= 0.3 is 0 Å². The third kappa shape index (κ3) is 4.10. The fraction of sp³-hybridized carbons (Fsp3) is 0.533. The van der Waals surface area contributed by atoms with Crippen LogP contribution in [0, 0.1) is 5.41 Å². The summed E-state index contributed by atoms with van der Waals surface area (Å²) in [5, 5.41) is 3.61. The van der Waals surface area contributed by atoms with Crippen LogP contribution in [0.15, 0.2) is 18.2 Å². The van der Waals surface area contributed by atoms with Crippen LogP contribution in [0.25, 0.3) is 0 Å². The van der Waals surface area contributed by atoms with Gasteiger partial charge in [0.05, 0.1) is 22.3 Å². The number of carbonyl (C=O) groups is 1. The molecule has 0 bridgehead atoms. The number of hydrogen-bond donors (Lipinski definition) is 2. The average Bonchev–Trinajstić information content (AvgIpc) is 2.39. The Morgan fingerprint density at radius 2 is 2.19 bits per heavy atom. The monoisotopic (exact) mass is 329 g/mol. The molecule has 1 heterocycles. The summed E-state index contributed by atoms with van der Waals surface area (Å²) in [5.41, 5.74) is 6.67. The van der Waals surface area contributed by atoms with Crippen LogP contribution in [0.5, 0.6) is 0 Å². The van der Waals surface area contributed by atoms with Crippen LogP contribution in [-0.4, -0.2) is 36.5 Å². The molecule has 6 heteroatoms. The number of amides is 1. The van der Waals surface area contributed by atoms with Gasteiger partial charge in [0.25, 0.3) is 0 Å². The number of benzene rings is 1. The highest BCUT2D eigenvalue weighted by atomic mass is 35.5. The van der Waals surface area contributed by atoms with E-state index in [9.17, 15) is 4.79 Å². The van der Waals surface area contributed by atoms with Crippen molar-refractivity contribution in [1.82, 2.24) is 4.90 Å². The zero-order valence-corrected chi connectivity index (χ0v) is 13.8. The molecule has 2 rings (SSSR count). The average molecular weight is 330 g/mol. The molecule has 0 spiro atoms. The van der Waals surface area contributed by atoms with Crippen molar-refractivity contribution in [3.05, 3.63) is 28.2 Å². The Balaban J connectivity index is 1.95. The lowest BCUT2D eigenvalue weighted by atomic mass is 9.80. The van der Waals surface area contributed by atoms with Crippen LogP contribution in [-0.2, 0) is 4.79 Å². The van der Waals surface area contributed by atoms with E-state index in [2.05, 4.69) is 24.1 Å². The van der Waals surface area contributed by atoms with Gasteiger partial charge in [0.1, 0.15) is 0 Å². The molecule has 4 nitrogen and oxygen atoms in total. The van der Waals surface area contributed by atoms with E-state index in [1.165, 1.54) is 0 Å². The number of rotatable bonds is 3. The number of carbonyl (C=O) groups excluding carboxylic acids is 1. The summed E-state index contributed by atoms with van der Waals surface area (Å²) in [7, 11) is 0. The molecular weight excluding hydrogens is 309 g/mol. The van der Waals surface area contributed by atoms with Crippen molar-refractivity contribution in [3.8, 4) is 0 Å². The highest BCUT2D eigenvalue weighted by molar-refractivity contribution is 6.43. The molecule has 1 aliphatic rings. The van der Waals surface area contributed by atoms with E-state index in [-0.39, 0.29) is 17.4 Å². The molecule has 1 fully saturated rings. The van der Waals surface area contributed by atoms with Crippen molar-refractivity contribution >= 4 is 34.8 Å². The van der Waals surface area contributed by atoms with E-state index in [1.807, 2.05) is 0 Å². The fourth-order valence-electron chi connectivity index (χ4n) is 2.61. The molecule has 3 N–H and O–H groups in total. The maximum absolute atomic E-state index is 12.2. The predicted octanol–water partition coefficient (Wildman–Crippen LogP) is 2.99. The normalized spacial score (nSPS) is 22.0. The zero-order valence-electron chi connectivity index (χ0n) is 12.3. The first kappa shape index (κ1) is 16.6. The Kier molecular flexibility index (Phi) is 5.15. The highest BCUT2D eigenvalue weighted by Gasteiger charge is 2.33. The lowest BCUT2D eigenvalue weighted by Crippen LogP contribution is -2.53. The van der Waals surface area contributed by atoms with E-state index in [0.29, 0.717) is 22.3 Å². The molecule has 1 unspecified atom stereocenters. The third-order valence-corrected chi connectivity index (χ3v) is 4.80. The molecule has 1 atom stereocenters. The maximum Gasteiger partial charge on any atom is 0.238 e. The molecule has 1 aromatic carbocycles. The van der Waals surface area contributed by atoms with Gasteiger partial charge in [0.2, 0.25) is 5.91 Å². The Morgan fingerprint density at radius 1 is 1.48 bits per heavy atom. The van der Waals surface area contributed by atoms with Crippen LogP contribution in [0.1, 0.15) is 20.3 Å². The Morgan fingerprint density at radius 3 is 2.86 bits per heavy atom. The second kappa shape index (κ2) is 6.53. The van der Waals surface area contributed by atoms with Gasteiger partial charge in [-0.2, -0.15) is 0 Å². The molecule has 1 amide bonds. The Bertz CT molecular complexity index is 534. The molecular formula is C15H21Cl2N3O. The number of nitrogens with one attached hydrogen (secondary N) is 1. The van der Waals surface area contributed by atoms with Gasteiger partial charge in [0.15, 0.2) is 0 Å². The van der Waals surface area contributed by atoms with Crippen LogP contribution in [0.2, 0.25) is 10.0 Å². The van der Waals surface area contributed by atoms with Crippen LogP contribution >= 0.6 is 23.2 Å². The minimum absolute atomic E-state index is 0.0201. The third-order valence-electron chi connectivity index (χ3n) is 3.98. The number of halogens is 2. The van der Waals surface area contributed by atoms with Crippen molar-refractivity contribution < 1.29 is 4.79 Å². The lowest BCUT2D eigenvalue weighted by molar-refractivity contribution is -0.118. The van der Waals surface area contributed by atoms with Crippen LogP contribution in [0.4, 0.5) is 5.69 Å². The molecule has 0 radical (unpaired) electrons. The van der Waals surface area contributed by atoms with Gasteiger partial charge in [-0.05, 0) is 24.0 Å². The summed E-state index contributed by atoms with van der Waals surface area (Å²) in [6.45, 7) is 6.25. The van der Waals surface area contributed by atoms with Crippen LogP contribution < -0.4 is 11.1 Å². The van der Waals surface area contributed by atoms with Crippen molar-refractivity contribution in [2.24, 2.45) is 11.1 Å². The predicted molar refractivity (Wildman–Crippen MR) is 87.9 cm³/mol. The number of nitrogens with two attached hydrogens (primary N) is 1. The molecule has 0 aromatic heterocycles. The van der Waals surface area contributed by atoms with Crippen molar-refractivity contribution in [1.29, 1.82) is 0 Å².